The quantitative estimate of drug-likeness (QED) is 0.791. The van der Waals surface area contributed by atoms with Gasteiger partial charge in [-0.25, -0.2) is 4.98 Å². The molecule has 2 rings (SSSR count). The van der Waals surface area contributed by atoms with Gasteiger partial charge in [-0.15, -0.1) is 5.10 Å². The predicted molar refractivity (Wildman–Crippen MR) is 61.1 cm³/mol. The summed E-state index contributed by atoms with van der Waals surface area (Å²) in [5.41, 5.74) is 1.07. The van der Waals surface area contributed by atoms with E-state index in [0.717, 1.165) is 5.69 Å². The van der Waals surface area contributed by atoms with Gasteiger partial charge in [-0.05, 0) is 12.8 Å². The SMILES string of the molecule is OCCc1nncc(C2CCCCCC2)n1. The van der Waals surface area contributed by atoms with Crippen molar-refractivity contribution in [2.75, 3.05) is 6.61 Å². The summed E-state index contributed by atoms with van der Waals surface area (Å²) in [7, 11) is 0. The number of aliphatic hydroxyl groups is 1. The molecule has 4 nitrogen and oxygen atoms in total. The number of aliphatic hydroxyl groups excluding tert-OH is 1. The predicted octanol–water partition coefficient (Wildman–Crippen LogP) is 1.84. The van der Waals surface area contributed by atoms with Crippen LogP contribution in [0.25, 0.3) is 0 Å². The van der Waals surface area contributed by atoms with Gasteiger partial charge in [0.05, 0.1) is 18.5 Å². The van der Waals surface area contributed by atoms with Crippen LogP contribution < -0.4 is 0 Å². The normalized spacial score (nSPS) is 18.3. The lowest BCUT2D eigenvalue weighted by Gasteiger charge is -2.12. The fourth-order valence-electron chi connectivity index (χ4n) is 2.33. The van der Waals surface area contributed by atoms with Crippen LogP contribution in [0.3, 0.4) is 0 Å². The van der Waals surface area contributed by atoms with Gasteiger partial charge in [0.2, 0.25) is 0 Å². The Morgan fingerprint density at radius 2 is 1.94 bits per heavy atom. The molecule has 0 aromatic carbocycles. The maximum absolute atomic E-state index is 8.86. The van der Waals surface area contributed by atoms with Crippen LogP contribution in [-0.2, 0) is 6.42 Å². The van der Waals surface area contributed by atoms with E-state index in [2.05, 4.69) is 15.2 Å². The van der Waals surface area contributed by atoms with Gasteiger partial charge < -0.3 is 5.11 Å². The molecule has 0 radical (unpaired) electrons. The Morgan fingerprint density at radius 3 is 2.62 bits per heavy atom. The van der Waals surface area contributed by atoms with E-state index in [1.165, 1.54) is 38.5 Å². The van der Waals surface area contributed by atoms with E-state index in [4.69, 9.17) is 5.11 Å². The lowest BCUT2D eigenvalue weighted by molar-refractivity contribution is 0.295. The Kier molecular flexibility index (Phi) is 4.22. The topological polar surface area (TPSA) is 58.9 Å². The third kappa shape index (κ3) is 2.98. The van der Waals surface area contributed by atoms with Gasteiger partial charge in [-0.1, -0.05) is 25.7 Å². The summed E-state index contributed by atoms with van der Waals surface area (Å²) in [6.45, 7) is 0.0931. The van der Waals surface area contributed by atoms with Crippen molar-refractivity contribution in [2.45, 2.75) is 50.9 Å². The lowest BCUT2D eigenvalue weighted by atomic mass is 9.97. The third-order valence-electron chi connectivity index (χ3n) is 3.23. The molecule has 1 fully saturated rings. The minimum atomic E-state index is 0.0931. The van der Waals surface area contributed by atoms with Crippen LogP contribution >= 0.6 is 0 Å². The molecule has 1 saturated carbocycles. The Morgan fingerprint density at radius 1 is 1.19 bits per heavy atom. The average Bonchev–Trinajstić information content (AvgIpc) is 2.58. The molecule has 0 saturated heterocycles. The summed E-state index contributed by atoms with van der Waals surface area (Å²) in [4.78, 5) is 4.49. The number of hydrogen-bond donors (Lipinski definition) is 1. The largest absolute Gasteiger partial charge is 0.396 e. The van der Waals surface area contributed by atoms with Gasteiger partial charge in [0.1, 0.15) is 0 Å². The maximum Gasteiger partial charge on any atom is 0.153 e. The highest BCUT2D eigenvalue weighted by molar-refractivity contribution is 5.04. The lowest BCUT2D eigenvalue weighted by Crippen LogP contribution is -2.07. The minimum Gasteiger partial charge on any atom is -0.396 e. The van der Waals surface area contributed by atoms with Crippen LogP contribution in [-0.4, -0.2) is 26.9 Å². The van der Waals surface area contributed by atoms with Crippen LogP contribution in [0.1, 0.15) is 56.0 Å². The first kappa shape index (κ1) is 11.5. The minimum absolute atomic E-state index is 0.0931. The molecule has 0 aliphatic heterocycles. The van der Waals surface area contributed by atoms with Gasteiger partial charge in [0.15, 0.2) is 5.82 Å². The van der Waals surface area contributed by atoms with Crippen LogP contribution in [0.5, 0.6) is 0 Å². The van der Waals surface area contributed by atoms with Gasteiger partial charge in [-0.3, -0.25) is 0 Å². The molecule has 1 aliphatic carbocycles. The zero-order chi connectivity index (χ0) is 11.2. The van der Waals surface area contributed by atoms with Crippen LogP contribution in [0, 0.1) is 0 Å². The highest BCUT2D eigenvalue weighted by atomic mass is 16.3. The maximum atomic E-state index is 8.86. The molecule has 0 atom stereocenters. The molecule has 1 aromatic heterocycles. The third-order valence-corrected chi connectivity index (χ3v) is 3.23. The van der Waals surface area contributed by atoms with Gasteiger partial charge in [0.25, 0.3) is 0 Å². The van der Waals surface area contributed by atoms with E-state index >= 15 is 0 Å². The van der Waals surface area contributed by atoms with Crippen molar-refractivity contribution in [1.29, 1.82) is 0 Å². The van der Waals surface area contributed by atoms with Crippen LogP contribution in [0.4, 0.5) is 0 Å². The van der Waals surface area contributed by atoms with Crippen molar-refractivity contribution in [3.63, 3.8) is 0 Å². The van der Waals surface area contributed by atoms with Gasteiger partial charge >= 0.3 is 0 Å². The Balaban J connectivity index is 2.08. The molecular formula is C12H19N3O. The molecule has 1 aliphatic rings. The van der Waals surface area contributed by atoms with Gasteiger partial charge in [-0.2, -0.15) is 5.10 Å². The van der Waals surface area contributed by atoms with Crippen molar-refractivity contribution in [3.05, 3.63) is 17.7 Å². The first-order chi connectivity index (χ1) is 7.90. The molecule has 16 heavy (non-hydrogen) atoms. The number of nitrogens with zero attached hydrogens (tertiary/aromatic N) is 3. The zero-order valence-electron chi connectivity index (χ0n) is 9.60. The summed E-state index contributed by atoms with van der Waals surface area (Å²) < 4.78 is 0. The fraction of sp³-hybridized carbons (Fsp3) is 0.750. The molecular weight excluding hydrogens is 202 g/mol. The number of hydrogen-bond acceptors (Lipinski definition) is 4. The molecule has 0 amide bonds. The van der Waals surface area contributed by atoms with E-state index in [0.29, 0.717) is 18.2 Å². The molecule has 0 bridgehead atoms. The second kappa shape index (κ2) is 5.89. The molecule has 0 spiro atoms. The second-order valence-corrected chi connectivity index (χ2v) is 4.46. The van der Waals surface area contributed by atoms with E-state index < -0.39 is 0 Å². The van der Waals surface area contributed by atoms with Crippen molar-refractivity contribution >= 4 is 0 Å². The Labute approximate surface area is 96.1 Å². The molecule has 4 heteroatoms. The fourth-order valence-corrected chi connectivity index (χ4v) is 2.33. The first-order valence-electron chi connectivity index (χ1n) is 6.19. The monoisotopic (exact) mass is 221 g/mol. The summed E-state index contributed by atoms with van der Waals surface area (Å²) in [6.07, 6.45) is 10.0. The highest BCUT2D eigenvalue weighted by Crippen LogP contribution is 2.29. The molecule has 88 valence electrons. The van der Waals surface area contributed by atoms with E-state index in [1.807, 2.05) is 0 Å². The molecule has 1 aromatic rings. The van der Waals surface area contributed by atoms with Crippen molar-refractivity contribution in [1.82, 2.24) is 15.2 Å². The van der Waals surface area contributed by atoms with Crippen molar-refractivity contribution in [2.24, 2.45) is 0 Å². The van der Waals surface area contributed by atoms with Gasteiger partial charge in [0, 0.05) is 12.3 Å². The number of aromatic nitrogens is 3. The first-order valence-corrected chi connectivity index (χ1v) is 6.19. The zero-order valence-corrected chi connectivity index (χ0v) is 9.60. The molecule has 1 heterocycles. The summed E-state index contributed by atoms with van der Waals surface area (Å²) in [5, 5.41) is 16.8. The Bertz CT molecular complexity index is 322. The number of rotatable bonds is 3. The summed E-state index contributed by atoms with van der Waals surface area (Å²) in [5.74, 6) is 1.22. The molecule has 0 unspecified atom stereocenters. The standard InChI is InChI=1S/C12H19N3O/c16-8-7-12-14-11(9-13-15-12)10-5-3-1-2-4-6-10/h9-10,16H,1-8H2. The van der Waals surface area contributed by atoms with E-state index in [-0.39, 0.29) is 6.61 Å². The average molecular weight is 221 g/mol. The molecule has 1 N–H and O–H groups in total. The second-order valence-electron chi connectivity index (χ2n) is 4.46. The van der Waals surface area contributed by atoms with Crippen molar-refractivity contribution in [3.8, 4) is 0 Å². The van der Waals surface area contributed by atoms with Crippen LogP contribution in [0.2, 0.25) is 0 Å². The smallest absolute Gasteiger partial charge is 0.153 e. The van der Waals surface area contributed by atoms with Crippen LogP contribution in [0.15, 0.2) is 6.20 Å². The highest BCUT2D eigenvalue weighted by Gasteiger charge is 2.16. The Hall–Kier alpha value is -1.03. The van der Waals surface area contributed by atoms with Crippen molar-refractivity contribution < 1.29 is 5.11 Å². The van der Waals surface area contributed by atoms with E-state index in [1.54, 1.807) is 6.20 Å². The van der Waals surface area contributed by atoms with E-state index in [9.17, 15) is 0 Å². The summed E-state index contributed by atoms with van der Waals surface area (Å²) >= 11 is 0. The summed E-state index contributed by atoms with van der Waals surface area (Å²) in [6, 6.07) is 0.